The van der Waals surface area contributed by atoms with Crippen molar-refractivity contribution in [3.8, 4) is 0 Å². The van der Waals surface area contributed by atoms with Crippen molar-refractivity contribution in [3.05, 3.63) is 46.8 Å². The maximum atomic E-state index is 13.3. The topological polar surface area (TPSA) is 63.0 Å². The summed E-state index contributed by atoms with van der Waals surface area (Å²) in [7, 11) is 1.86. The van der Waals surface area contributed by atoms with Gasteiger partial charge in [-0.25, -0.2) is 13.2 Å². The van der Waals surface area contributed by atoms with Crippen LogP contribution in [0.5, 0.6) is 0 Å². The standard InChI is InChI=1S/C15H17F3N4O/c1-22-13(20-21-15(22)8-2-3-8)6-19-12(7-23)9-4-10(16)14(18)11(17)5-9/h4-5,8,12,19,23H,2-3,6-7H2,1H3. The molecular formula is C15H17F3N4O. The quantitative estimate of drug-likeness (QED) is 0.796. The minimum Gasteiger partial charge on any atom is -0.394 e. The normalized spacial score (nSPS) is 15.9. The molecule has 1 aromatic carbocycles. The first-order valence-electron chi connectivity index (χ1n) is 7.38. The van der Waals surface area contributed by atoms with Crippen LogP contribution in [-0.2, 0) is 13.6 Å². The lowest BCUT2D eigenvalue weighted by Crippen LogP contribution is -2.26. The lowest BCUT2D eigenvalue weighted by atomic mass is 10.1. The minimum atomic E-state index is -1.52. The van der Waals surface area contributed by atoms with Crippen LogP contribution in [0, 0.1) is 17.5 Å². The van der Waals surface area contributed by atoms with Crippen molar-refractivity contribution >= 4 is 0 Å². The molecule has 23 heavy (non-hydrogen) atoms. The molecule has 1 aliphatic carbocycles. The van der Waals surface area contributed by atoms with E-state index in [0.29, 0.717) is 11.7 Å². The van der Waals surface area contributed by atoms with Gasteiger partial charge in [0.25, 0.3) is 0 Å². The second-order valence-electron chi connectivity index (χ2n) is 5.72. The van der Waals surface area contributed by atoms with E-state index in [1.54, 1.807) is 0 Å². The predicted octanol–water partition coefficient (Wildman–Crippen LogP) is 1.93. The molecule has 1 aromatic heterocycles. The fourth-order valence-electron chi connectivity index (χ4n) is 2.50. The first-order chi connectivity index (χ1) is 11.0. The van der Waals surface area contributed by atoms with Gasteiger partial charge in [0.2, 0.25) is 0 Å². The van der Waals surface area contributed by atoms with Crippen LogP contribution in [0.15, 0.2) is 12.1 Å². The van der Waals surface area contributed by atoms with Gasteiger partial charge in [-0.05, 0) is 30.5 Å². The van der Waals surface area contributed by atoms with Crippen LogP contribution >= 0.6 is 0 Å². The molecular weight excluding hydrogens is 309 g/mol. The molecule has 1 unspecified atom stereocenters. The Kier molecular flexibility index (Phi) is 4.36. The lowest BCUT2D eigenvalue weighted by Gasteiger charge is -2.17. The Labute approximate surface area is 131 Å². The maximum absolute atomic E-state index is 13.3. The number of rotatable bonds is 6. The van der Waals surface area contributed by atoms with Gasteiger partial charge in [-0.15, -0.1) is 10.2 Å². The molecule has 1 saturated carbocycles. The highest BCUT2D eigenvalue weighted by Gasteiger charge is 2.29. The van der Waals surface area contributed by atoms with E-state index in [2.05, 4.69) is 15.5 Å². The highest BCUT2D eigenvalue weighted by molar-refractivity contribution is 5.23. The summed E-state index contributed by atoms with van der Waals surface area (Å²) in [4.78, 5) is 0. The van der Waals surface area contributed by atoms with E-state index in [-0.39, 0.29) is 12.1 Å². The van der Waals surface area contributed by atoms with Gasteiger partial charge in [0.15, 0.2) is 17.5 Å². The Morgan fingerprint density at radius 2 is 1.91 bits per heavy atom. The fourth-order valence-corrected chi connectivity index (χ4v) is 2.50. The molecule has 1 heterocycles. The van der Waals surface area contributed by atoms with Crippen LogP contribution in [0.1, 0.15) is 42.0 Å². The third-order valence-corrected chi connectivity index (χ3v) is 4.04. The average Bonchev–Trinajstić information content (AvgIpc) is 3.30. The van der Waals surface area contributed by atoms with E-state index in [1.165, 1.54) is 0 Å². The van der Waals surface area contributed by atoms with Crippen molar-refractivity contribution in [1.29, 1.82) is 0 Å². The molecule has 8 heteroatoms. The lowest BCUT2D eigenvalue weighted by molar-refractivity contribution is 0.241. The number of nitrogens with zero attached hydrogens (tertiary/aromatic N) is 3. The molecule has 5 nitrogen and oxygen atoms in total. The van der Waals surface area contributed by atoms with E-state index in [0.717, 1.165) is 30.8 Å². The van der Waals surface area contributed by atoms with Crippen LogP contribution < -0.4 is 5.32 Å². The number of hydrogen-bond donors (Lipinski definition) is 2. The van der Waals surface area contributed by atoms with Gasteiger partial charge in [-0.2, -0.15) is 0 Å². The van der Waals surface area contributed by atoms with Crippen LogP contribution in [-0.4, -0.2) is 26.5 Å². The molecule has 0 spiro atoms. The summed E-state index contributed by atoms with van der Waals surface area (Å²) in [5, 5.41) is 20.6. The molecule has 124 valence electrons. The van der Waals surface area contributed by atoms with Crippen molar-refractivity contribution in [3.63, 3.8) is 0 Å². The number of nitrogens with one attached hydrogen (secondary N) is 1. The Morgan fingerprint density at radius 1 is 1.26 bits per heavy atom. The van der Waals surface area contributed by atoms with Gasteiger partial charge < -0.3 is 15.0 Å². The first kappa shape index (κ1) is 15.9. The summed E-state index contributed by atoms with van der Waals surface area (Å²) < 4.78 is 41.5. The summed E-state index contributed by atoms with van der Waals surface area (Å²) in [5.41, 5.74) is 0.133. The number of halogens is 3. The average molecular weight is 326 g/mol. The summed E-state index contributed by atoms with van der Waals surface area (Å²) in [6, 6.07) is 1.01. The van der Waals surface area contributed by atoms with Gasteiger partial charge in [-0.3, -0.25) is 0 Å². The smallest absolute Gasteiger partial charge is 0.194 e. The molecule has 0 amide bonds. The second-order valence-corrected chi connectivity index (χ2v) is 5.72. The summed E-state index contributed by atoms with van der Waals surface area (Å²) in [6.45, 7) is -0.125. The number of aromatic nitrogens is 3. The molecule has 0 saturated heterocycles. The monoisotopic (exact) mass is 326 g/mol. The van der Waals surface area contributed by atoms with Crippen molar-refractivity contribution in [2.45, 2.75) is 31.3 Å². The Balaban J connectivity index is 1.72. The summed E-state index contributed by atoms with van der Waals surface area (Å²) >= 11 is 0. The van der Waals surface area contributed by atoms with Gasteiger partial charge in [0, 0.05) is 13.0 Å². The zero-order chi connectivity index (χ0) is 16.6. The highest BCUT2D eigenvalue weighted by atomic mass is 19.2. The minimum absolute atomic E-state index is 0.133. The van der Waals surface area contributed by atoms with Gasteiger partial charge in [0.1, 0.15) is 11.6 Å². The molecule has 0 aliphatic heterocycles. The zero-order valence-corrected chi connectivity index (χ0v) is 12.6. The molecule has 2 N–H and O–H groups in total. The molecule has 0 bridgehead atoms. The molecule has 0 radical (unpaired) electrons. The number of hydrogen-bond acceptors (Lipinski definition) is 4. The largest absolute Gasteiger partial charge is 0.394 e. The van der Waals surface area contributed by atoms with Gasteiger partial charge in [-0.1, -0.05) is 0 Å². The summed E-state index contributed by atoms with van der Waals surface area (Å²) in [5.74, 6) is -2.05. The fraction of sp³-hybridized carbons (Fsp3) is 0.467. The Hall–Kier alpha value is -1.93. The Bertz CT molecular complexity index is 692. The van der Waals surface area contributed by atoms with E-state index in [9.17, 15) is 18.3 Å². The molecule has 1 aliphatic rings. The van der Waals surface area contributed by atoms with E-state index in [4.69, 9.17) is 0 Å². The summed E-state index contributed by atoms with van der Waals surface area (Å²) in [6.07, 6.45) is 2.21. The molecule has 2 aromatic rings. The van der Waals surface area contributed by atoms with Crippen molar-refractivity contribution in [2.24, 2.45) is 7.05 Å². The van der Waals surface area contributed by atoms with Crippen LogP contribution in [0.3, 0.4) is 0 Å². The van der Waals surface area contributed by atoms with Crippen LogP contribution in [0.25, 0.3) is 0 Å². The maximum Gasteiger partial charge on any atom is 0.194 e. The van der Waals surface area contributed by atoms with E-state index >= 15 is 0 Å². The first-order valence-corrected chi connectivity index (χ1v) is 7.38. The van der Waals surface area contributed by atoms with Crippen molar-refractivity contribution < 1.29 is 18.3 Å². The number of benzene rings is 1. The highest BCUT2D eigenvalue weighted by Crippen LogP contribution is 2.38. The zero-order valence-electron chi connectivity index (χ0n) is 12.6. The van der Waals surface area contributed by atoms with Crippen LogP contribution in [0.4, 0.5) is 13.2 Å². The van der Waals surface area contributed by atoms with E-state index in [1.807, 2.05) is 11.6 Å². The van der Waals surface area contributed by atoms with Crippen molar-refractivity contribution in [2.75, 3.05) is 6.61 Å². The Morgan fingerprint density at radius 3 is 2.48 bits per heavy atom. The molecule has 3 rings (SSSR count). The number of aliphatic hydroxyl groups is 1. The molecule has 1 atom stereocenters. The van der Waals surface area contributed by atoms with Gasteiger partial charge >= 0.3 is 0 Å². The SMILES string of the molecule is Cn1c(CNC(CO)c2cc(F)c(F)c(F)c2)nnc1C1CC1. The van der Waals surface area contributed by atoms with E-state index < -0.39 is 30.1 Å². The molecule has 1 fully saturated rings. The third-order valence-electron chi connectivity index (χ3n) is 4.04. The predicted molar refractivity (Wildman–Crippen MR) is 76.0 cm³/mol. The van der Waals surface area contributed by atoms with Gasteiger partial charge in [0.05, 0.1) is 19.2 Å². The third kappa shape index (κ3) is 3.23. The van der Waals surface area contributed by atoms with Crippen LogP contribution in [0.2, 0.25) is 0 Å². The second kappa shape index (κ2) is 6.29. The van der Waals surface area contributed by atoms with Crippen molar-refractivity contribution in [1.82, 2.24) is 20.1 Å². The number of aliphatic hydroxyl groups excluding tert-OH is 1.